The highest BCUT2D eigenvalue weighted by Crippen LogP contribution is 2.47. The van der Waals surface area contributed by atoms with Crippen molar-refractivity contribution in [2.45, 2.75) is 0 Å². The minimum atomic E-state index is -4.45. The molecule has 0 saturated carbocycles. The summed E-state index contributed by atoms with van der Waals surface area (Å²) in [4.78, 5) is 3.35. The summed E-state index contributed by atoms with van der Waals surface area (Å²) in [6, 6.07) is 2.15. The van der Waals surface area contributed by atoms with Crippen LogP contribution in [0.15, 0.2) is 17.6 Å². The van der Waals surface area contributed by atoms with Crippen molar-refractivity contribution in [2.24, 2.45) is 0 Å². The van der Waals surface area contributed by atoms with Crippen molar-refractivity contribution in [3.8, 4) is 18.1 Å². The molecule has 132 valence electrons. The fourth-order valence-electron chi connectivity index (χ4n) is 2.49. The number of nitrogens with zero attached hydrogens (tertiary/aromatic N) is 2. The molecule has 2 radical (unpaired) electrons. The lowest BCUT2D eigenvalue weighted by Crippen LogP contribution is -2.36. The van der Waals surface area contributed by atoms with Crippen LogP contribution in [0.4, 0.5) is 10.2 Å². The summed E-state index contributed by atoms with van der Waals surface area (Å²) in [7, 11) is 0.892. The van der Waals surface area contributed by atoms with Gasteiger partial charge >= 0.3 is 0 Å². The number of sulfonamides is 1. The summed E-state index contributed by atoms with van der Waals surface area (Å²) in [5.74, 6) is 0.255. The van der Waals surface area contributed by atoms with Crippen LogP contribution in [-0.2, 0) is 10.0 Å². The number of terminal acetylenes is 1. The van der Waals surface area contributed by atoms with Crippen LogP contribution in [0.3, 0.4) is 0 Å². The largest absolute Gasteiger partial charge is 0.505 e. The van der Waals surface area contributed by atoms with Crippen molar-refractivity contribution in [1.82, 2.24) is 4.98 Å². The van der Waals surface area contributed by atoms with Crippen LogP contribution in [0.5, 0.6) is 5.75 Å². The lowest BCUT2D eigenvalue weighted by atomic mass is 10.1. The van der Waals surface area contributed by atoms with Crippen LogP contribution in [0.2, 0.25) is 5.02 Å². The molecule has 0 fully saturated rings. The van der Waals surface area contributed by atoms with Gasteiger partial charge in [-0.1, -0.05) is 17.5 Å². The molecule has 1 aromatic carbocycles. The number of ether oxygens (including phenoxy) is 1. The van der Waals surface area contributed by atoms with Gasteiger partial charge in [-0.2, -0.15) is 0 Å². The minimum Gasteiger partial charge on any atom is -0.505 e. The first-order chi connectivity index (χ1) is 12.3. The molecular weight excluding hydrogens is 402 g/mol. The van der Waals surface area contributed by atoms with E-state index < -0.39 is 32.1 Å². The number of thiazole rings is 1. The van der Waals surface area contributed by atoms with Crippen molar-refractivity contribution in [3.05, 3.63) is 38.9 Å². The first-order valence-corrected chi connectivity index (χ1v) is 9.68. The normalized spacial score (nSPS) is 15.5. The summed E-state index contributed by atoms with van der Waals surface area (Å²) in [6.45, 7) is -0.741. The Morgan fingerprint density at radius 1 is 1.50 bits per heavy atom. The molecule has 0 spiro atoms. The van der Waals surface area contributed by atoms with E-state index in [-0.39, 0.29) is 34.5 Å². The number of rotatable bonds is 4. The Bertz CT molecular complexity index is 1060. The van der Waals surface area contributed by atoms with E-state index in [0.29, 0.717) is 0 Å². The van der Waals surface area contributed by atoms with Crippen LogP contribution in [0, 0.1) is 18.2 Å². The highest BCUT2D eigenvalue weighted by Gasteiger charge is 2.42. The van der Waals surface area contributed by atoms with Crippen LogP contribution in [0.1, 0.15) is 10.4 Å². The van der Waals surface area contributed by atoms with E-state index in [1.807, 2.05) is 0 Å². The molecule has 26 heavy (non-hydrogen) atoms. The van der Waals surface area contributed by atoms with E-state index in [9.17, 15) is 17.9 Å². The predicted octanol–water partition coefficient (Wildman–Crippen LogP) is 2.61. The molecule has 1 aromatic heterocycles. The van der Waals surface area contributed by atoms with Gasteiger partial charge in [-0.25, -0.2) is 22.1 Å². The third-order valence-electron chi connectivity index (χ3n) is 3.51. The van der Waals surface area contributed by atoms with E-state index >= 15 is 0 Å². The van der Waals surface area contributed by atoms with Gasteiger partial charge in [-0.05, 0) is 12.1 Å². The average molecular weight is 411 g/mol. The van der Waals surface area contributed by atoms with Crippen molar-refractivity contribution < 1.29 is 22.7 Å². The third kappa shape index (κ3) is 2.72. The van der Waals surface area contributed by atoms with E-state index in [2.05, 4.69) is 10.9 Å². The third-order valence-corrected chi connectivity index (χ3v) is 6.43. The Morgan fingerprint density at radius 2 is 2.23 bits per heavy atom. The van der Waals surface area contributed by atoms with Gasteiger partial charge in [0.1, 0.15) is 29.2 Å². The predicted molar refractivity (Wildman–Crippen MR) is 99.3 cm³/mol. The summed E-state index contributed by atoms with van der Waals surface area (Å²) < 4.78 is 46.7. The molecule has 0 unspecified atom stereocenters. The standard InChI is InChI=1S/C15H9BClFN2O4S2/c1-2-5-20-15-13(25-7-19-15)11(21)14(26(20,22)23)10-9(18)4-3-8(17)12(10)24-6-16/h1,3-4,7,21H,5-6H2. The topological polar surface area (TPSA) is 79.7 Å². The molecule has 0 bridgehead atoms. The molecule has 0 amide bonds. The minimum absolute atomic E-state index is 0.0297. The smallest absolute Gasteiger partial charge is 0.271 e. The average Bonchev–Trinajstić information content (AvgIpc) is 3.07. The van der Waals surface area contributed by atoms with Crippen molar-refractivity contribution >= 4 is 57.3 Å². The summed E-state index contributed by atoms with van der Waals surface area (Å²) in [6.07, 6.45) is 5.26. The zero-order chi connectivity index (χ0) is 19.1. The zero-order valence-corrected chi connectivity index (χ0v) is 15.3. The molecule has 0 saturated heterocycles. The second-order valence-electron chi connectivity index (χ2n) is 4.94. The maximum Gasteiger partial charge on any atom is 0.271 e. The quantitative estimate of drug-likeness (QED) is 0.619. The number of aliphatic hydroxyl groups is 1. The summed E-state index contributed by atoms with van der Waals surface area (Å²) >= 11 is 6.99. The molecule has 11 heteroatoms. The Hall–Kier alpha value is -2.22. The first-order valence-electron chi connectivity index (χ1n) is 6.99. The van der Waals surface area contributed by atoms with Gasteiger partial charge in [0.15, 0.2) is 11.6 Å². The van der Waals surface area contributed by atoms with Crippen molar-refractivity contribution in [3.63, 3.8) is 0 Å². The Balaban J connectivity index is 2.40. The summed E-state index contributed by atoms with van der Waals surface area (Å²) in [5, 5.41) is 10.5. The number of benzene rings is 1. The van der Waals surface area contributed by atoms with E-state index in [4.69, 9.17) is 30.6 Å². The molecule has 0 atom stereocenters. The SMILES string of the molecule is [B]COc1c(Cl)ccc(F)c1C1=C(O)c2scnc2N(CC#C)S1(=O)=O. The Morgan fingerprint density at radius 3 is 2.88 bits per heavy atom. The van der Waals surface area contributed by atoms with Crippen LogP contribution >= 0.6 is 22.9 Å². The molecular formula is C15H9BClFN2O4S2. The van der Waals surface area contributed by atoms with Gasteiger partial charge in [-0.3, -0.25) is 0 Å². The van der Waals surface area contributed by atoms with E-state index in [0.717, 1.165) is 21.7 Å². The molecule has 1 N–H and O–H groups in total. The summed E-state index contributed by atoms with van der Waals surface area (Å²) in [5.41, 5.74) is 0.815. The number of aliphatic hydroxyl groups excluding tert-OH is 1. The van der Waals surface area contributed by atoms with Gasteiger partial charge in [-0.15, -0.1) is 17.8 Å². The number of aromatic nitrogens is 1. The Kier molecular flexibility index (Phi) is 4.88. The number of hydrogen-bond acceptors (Lipinski definition) is 6. The molecule has 2 heterocycles. The highest BCUT2D eigenvalue weighted by molar-refractivity contribution is 8.02. The van der Waals surface area contributed by atoms with E-state index in [1.165, 1.54) is 11.6 Å². The fraction of sp³-hybridized carbons (Fsp3) is 0.133. The van der Waals surface area contributed by atoms with Gasteiger partial charge < -0.3 is 9.84 Å². The molecule has 2 aromatic rings. The molecule has 6 nitrogen and oxygen atoms in total. The fourth-order valence-corrected chi connectivity index (χ4v) is 5.19. The maximum absolute atomic E-state index is 14.6. The van der Waals surface area contributed by atoms with Crippen molar-refractivity contribution in [1.29, 1.82) is 0 Å². The second kappa shape index (κ2) is 6.83. The molecule has 1 aliphatic rings. The molecule has 1 aliphatic heterocycles. The van der Waals surface area contributed by atoms with Gasteiger partial charge in [0.25, 0.3) is 10.0 Å². The zero-order valence-electron chi connectivity index (χ0n) is 12.9. The molecule has 3 rings (SSSR count). The maximum atomic E-state index is 14.6. The lowest BCUT2D eigenvalue weighted by Gasteiger charge is -2.28. The highest BCUT2D eigenvalue weighted by atomic mass is 35.5. The number of halogens is 2. The number of hydrogen-bond donors (Lipinski definition) is 1. The lowest BCUT2D eigenvalue weighted by molar-refractivity contribution is 0.383. The molecule has 0 aliphatic carbocycles. The number of fused-ring (bicyclic) bond motifs is 1. The van der Waals surface area contributed by atoms with Gasteiger partial charge in [0.05, 0.1) is 22.6 Å². The number of anilines is 1. The second-order valence-corrected chi connectivity index (χ2v) is 8.00. The van der Waals surface area contributed by atoms with Crippen LogP contribution in [-0.4, -0.2) is 39.4 Å². The van der Waals surface area contributed by atoms with Crippen LogP contribution in [0.25, 0.3) is 10.7 Å². The van der Waals surface area contributed by atoms with Crippen LogP contribution < -0.4 is 9.04 Å². The van der Waals surface area contributed by atoms with Gasteiger partial charge in [0, 0.05) is 6.51 Å². The van der Waals surface area contributed by atoms with Gasteiger partial charge in [0.2, 0.25) is 0 Å². The van der Waals surface area contributed by atoms with Crippen molar-refractivity contribution in [2.75, 3.05) is 17.4 Å². The van der Waals surface area contributed by atoms with E-state index in [1.54, 1.807) is 0 Å². The first kappa shape index (κ1) is 18.6. The Labute approximate surface area is 159 Å². The monoisotopic (exact) mass is 410 g/mol.